The first-order chi connectivity index (χ1) is 13.2. The van der Waals surface area contributed by atoms with Gasteiger partial charge < -0.3 is 14.8 Å². The molecule has 0 unspecified atom stereocenters. The normalized spacial score (nSPS) is 10.5. The fourth-order valence-electron chi connectivity index (χ4n) is 2.64. The Morgan fingerprint density at radius 1 is 0.889 bits per heavy atom. The van der Waals surface area contributed by atoms with Crippen molar-refractivity contribution in [1.29, 1.82) is 0 Å². The lowest BCUT2D eigenvalue weighted by atomic mass is 10.2. The van der Waals surface area contributed by atoms with Gasteiger partial charge in [-0.05, 0) is 54.4 Å². The standard InChI is InChI=1S/C22H21ClFNO2/c1-2-26-22-13-16(14-25-20-9-4-3-8-19(20)23)10-11-21(22)27-15-17-6-5-7-18(24)12-17/h3-13,25H,2,14-15H2,1H3. The van der Waals surface area contributed by atoms with Gasteiger partial charge >= 0.3 is 0 Å². The van der Waals surface area contributed by atoms with E-state index in [1.807, 2.05) is 55.5 Å². The predicted octanol–water partition coefficient (Wildman–Crippen LogP) is 6.07. The Bertz CT molecular complexity index is 901. The minimum absolute atomic E-state index is 0.273. The number of hydrogen-bond acceptors (Lipinski definition) is 3. The van der Waals surface area contributed by atoms with Crippen molar-refractivity contribution < 1.29 is 13.9 Å². The summed E-state index contributed by atoms with van der Waals surface area (Å²) in [6.07, 6.45) is 0. The number of para-hydroxylation sites is 1. The average molecular weight is 386 g/mol. The number of nitrogens with one attached hydrogen (secondary N) is 1. The van der Waals surface area contributed by atoms with Crippen molar-refractivity contribution in [2.45, 2.75) is 20.1 Å². The summed E-state index contributed by atoms with van der Waals surface area (Å²) in [5, 5.41) is 3.99. The van der Waals surface area contributed by atoms with Crippen LogP contribution in [-0.2, 0) is 13.2 Å². The van der Waals surface area contributed by atoms with E-state index in [-0.39, 0.29) is 12.4 Å². The van der Waals surface area contributed by atoms with Gasteiger partial charge in [0.25, 0.3) is 0 Å². The van der Waals surface area contributed by atoms with E-state index in [9.17, 15) is 4.39 Å². The molecule has 5 heteroatoms. The summed E-state index contributed by atoms with van der Waals surface area (Å²) in [5.74, 6) is 1.01. The van der Waals surface area contributed by atoms with Gasteiger partial charge in [-0.3, -0.25) is 0 Å². The third-order valence-electron chi connectivity index (χ3n) is 3.95. The van der Waals surface area contributed by atoms with Crippen molar-refractivity contribution in [2.75, 3.05) is 11.9 Å². The summed E-state index contributed by atoms with van der Waals surface area (Å²) in [5.41, 5.74) is 2.68. The number of rotatable bonds is 8. The van der Waals surface area contributed by atoms with Gasteiger partial charge in [0.1, 0.15) is 12.4 Å². The molecule has 0 saturated carbocycles. The van der Waals surface area contributed by atoms with Crippen LogP contribution in [0.1, 0.15) is 18.1 Å². The van der Waals surface area contributed by atoms with Crippen molar-refractivity contribution in [3.05, 3.63) is 88.7 Å². The van der Waals surface area contributed by atoms with Crippen LogP contribution in [-0.4, -0.2) is 6.61 Å². The highest BCUT2D eigenvalue weighted by Gasteiger charge is 2.08. The van der Waals surface area contributed by atoms with Crippen LogP contribution < -0.4 is 14.8 Å². The fraction of sp³-hybridized carbons (Fsp3) is 0.182. The van der Waals surface area contributed by atoms with Crippen LogP contribution in [0.5, 0.6) is 11.5 Å². The molecule has 27 heavy (non-hydrogen) atoms. The maximum absolute atomic E-state index is 13.3. The van der Waals surface area contributed by atoms with Gasteiger partial charge in [0.05, 0.1) is 17.3 Å². The van der Waals surface area contributed by atoms with Gasteiger partial charge in [0, 0.05) is 6.54 Å². The molecule has 0 aliphatic heterocycles. The minimum Gasteiger partial charge on any atom is -0.490 e. The van der Waals surface area contributed by atoms with E-state index in [0.29, 0.717) is 29.7 Å². The molecular weight excluding hydrogens is 365 g/mol. The van der Waals surface area contributed by atoms with Crippen LogP contribution in [0.4, 0.5) is 10.1 Å². The second-order valence-electron chi connectivity index (χ2n) is 5.97. The van der Waals surface area contributed by atoms with Gasteiger partial charge in [-0.2, -0.15) is 0 Å². The molecule has 0 saturated heterocycles. The van der Waals surface area contributed by atoms with Crippen LogP contribution >= 0.6 is 11.6 Å². The van der Waals surface area contributed by atoms with Crippen molar-refractivity contribution in [3.8, 4) is 11.5 Å². The zero-order valence-electron chi connectivity index (χ0n) is 15.0. The molecule has 0 heterocycles. The summed E-state index contributed by atoms with van der Waals surface area (Å²) in [6.45, 7) is 3.33. The molecule has 140 valence electrons. The lowest BCUT2D eigenvalue weighted by Gasteiger charge is -2.14. The molecule has 0 fully saturated rings. The molecule has 1 N–H and O–H groups in total. The summed E-state index contributed by atoms with van der Waals surface area (Å²) in [4.78, 5) is 0. The average Bonchev–Trinajstić information content (AvgIpc) is 2.67. The smallest absolute Gasteiger partial charge is 0.161 e. The molecule has 0 aliphatic rings. The van der Waals surface area contributed by atoms with E-state index < -0.39 is 0 Å². The molecule has 0 atom stereocenters. The summed E-state index contributed by atoms with van der Waals surface area (Å²) in [6, 6.07) is 19.7. The van der Waals surface area contributed by atoms with Crippen LogP contribution in [0.3, 0.4) is 0 Å². The SMILES string of the molecule is CCOc1cc(CNc2ccccc2Cl)ccc1OCc1cccc(F)c1. The van der Waals surface area contributed by atoms with Crippen LogP contribution in [0, 0.1) is 5.82 Å². The molecule has 3 aromatic carbocycles. The van der Waals surface area contributed by atoms with Crippen molar-refractivity contribution in [1.82, 2.24) is 0 Å². The Balaban J connectivity index is 1.69. The first-order valence-electron chi connectivity index (χ1n) is 8.77. The van der Waals surface area contributed by atoms with E-state index >= 15 is 0 Å². The topological polar surface area (TPSA) is 30.5 Å². The zero-order chi connectivity index (χ0) is 19.1. The van der Waals surface area contributed by atoms with E-state index in [0.717, 1.165) is 16.8 Å². The fourth-order valence-corrected chi connectivity index (χ4v) is 2.84. The van der Waals surface area contributed by atoms with Crippen LogP contribution in [0.25, 0.3) is 0 Å². The second-order valence-corrected chi connectivity index (χ2v) is 6.37. The Morgan fingerprint density at radius 3 is 2.52 bits per heavy atom. The van der Waals surface area contributed by atoms with Crippen molar-refractivity contribution in [3.63, 3.8) is 0 Å². The first kappa shape index (κ1) is 19.1. The molecule has 0 radical (unpaired) electrons. The van der Waals surface area contributed by atoms with Gasteiger partial charge in [0.2, 0.25) is 0 Å². The lowest BCUT2D eigenvalue weighted by Crippen LogP contribution is -2.03. The molecule has 0 amide bonds. The lowest BCUT2D eigenvalue weighted by molar-refractivity contribution is 0.269. The van der Waals surface area contributed by atoms with Gasteiger partial charge in [-0.15, -0.1) is 0 Å². The maximum Gasteiger partial charge on any atom is 0.161 e. The monoisotopic (exact) mass is 385 g/mol. The van der Waals surface area contributed by atoms with E-state index in [1.165, 1.54) is 12.1 Å². The highest BCUT2D eigenvalue weighted by molar-refractivity contribution is 6.33. The number of ether oxygens (including phenoxy) is 2. The van der Waals surface area contributed by atoms with Gasteiger partial charge in [0.15, 0.2) is 11.5 Å². The molecule has 3 aromatic rings. The molecule has 3 rings (SSSR count). The molecular formula is C22H21ClFNO2. The number of anilines is 1. The van der Waals surface area contributed by atoms with Crippen LogP contribution in [0.15, 0.2) is 66.7 Å². The van der Waals surface area contributed by atoms with E-state index in [1.54, 1.807) is 6.07 Å². The summed E-state index contributed by atoms with van der Waals surface area (Å²) < 4.78 is 24.8. The second kappa shape index (κ2) is 9.28. The number of benzene rings is 3. The Kier molecular flexibility index (Phi) is 6.55. The minimum atomic E-state index is -0.276. The summed E-state index contributed by atoms with van der Waals surface area (Å²) in [7, 11) is 0. The largest absolute Gasteiger partial charge is 0.490 e. The predicted molar refractivity (Wildman–Crippen MR) is 107 cm³/mol. The first-order valence-corrected chi connectivity index (χ1v) is 9.15. The molecule has 0 spiro atoms. The van der Waals surface area contributed by atoms with E-state index in [2.05, 4.69) is 5.32 Å². The number of hydrogen-bond donors (Lipinski definition) is 1. The Labute approximate surface area is 163 Å². The van der Waals surface area contributed by atoms with Gasteiger partial charge in [-0.25, -0.2) is 4.39 Å². The number of halogens is 2. The zero-order valence-corrected chi connectivity index (χ0v) is 15.8. The highest BCUT2D eigenvalue weighted by Crippen LogP contribution is 2.30. The maximum atomic E-state index is 13.3. The van der Waals surface area contributed by atoms with Crippen LogP contribution in [0.2, 0.25) is 5.02 Å². The highest BCUT2D eigenvalue weighted by atomic mass is 35.5. The molecule has 3 nitrogen and oxygen atoms in total. The molecule has 0 aromatic heterocycles. The Hall–Kier alpha value is -2.72. The quantitative estimate of drug-likeness (QED) is 0.510. The third-order valence-corrected chi connectivity index (χ3v) is 4.28. The van der Waals surface area contributed by atoms with Crippen molar-refractivity contribution in [2.24, 2.45) is 0 Å². The summed E-state index contributed by atoms with van der Waals surface area (Å²) >= 11 is 6.17. The molecule has 0 aliphatic carbocycles. The van der Waals surface area contributed by atoms with E-state index in [4.69, 9.17) is 21.1 Å². The van der Waals surface area contributed by atoms with Gasteiger partial charge in [-0.1, -0.05) is 41.9 Å². The Morgan fingerprint density at radius 2 is 1.74 bits per heavy atom. The van der Waals surface area contributed by atoms with Crippen molar-refractivity contribution >= 4 is 17.3 Å². The molecule has 0 bridgehead atoms. The third kappa shape index (κ3) is 5.38.